The molecule has 3 rings (SSSR count). The second-order valence-electron chi connectivity index (χ2n) is 5.86. The van der Waals surface area contributed by atoms with E-state index in [2.05, 4.69) is 4.72 Å². The highest BCUT2D eigenvalue weighted by atomic mass is 32.2. The largest absolute Gasteiger partial charge is 0.328 e. The lowest BCUT2D eigenvalue weighted by atomic mass is 10.2. The number of hydrogen-bond donors (Lipinski definition) is 1. The molecule has 0 fully saturated rings. The third-order valence-electron chi connectivity index (χ3n) is 4.10. The molecule has 0 aliphatic rings. The molecular formula is C17H19N3O3S. The Labute approximate surface area is 140 Å². The molecule has 3 aromatic rings. The van der Waals surface area contributed by atoms with Crippen molar-refractivity contribution in [3.05, 3.63) is 64.1 Å². The van der Waals surface area contributed by atoms with Gasteiger partial charge in [-0.15, -0.1) is 0 Å². The molecule has 1 aromatic heterocycles. The van der Waals surface area contributed by atoms with Gasteiger partial charge in [-0.05, 0) is 42.3 Å². The molecule has 0 unspecified atom stereocenters. The highest BCUT2D eigenvalue weighted by Gasteiger charge is 2.14. The molecule has 0 bridgehead atoms. The van der Waals surface area contributed by atoms with Crippen LogP contribution in [0.5, 0.6) is 0 Å². The van der Waals surface area contributed by atoms with Gasteiger partial charge in [0, 0.05) is 20.6 Å². The van der Waals surface area contributed by atoms with E-state index in [0.29, 0.717) is 0 Å². The predicted molar refractivity (Wildman–Crippen MR) is 93.4 cm³/mol. The number of fused-ring (bicyclic) bond motifs is 1. The van der Waals surface area contributed by atoms with Crippen LogP contribution < -0.4 is 10.4 Å². The fourth-order valence-electron chi connectivity index (χ4n) is 2.71. The molecule has 126 valence electrons. The van der Waals surface area contributed by atoms with Gasteiger partial charge in [-0.3, -0.25) is 9.13 Å². The Balaban J connectivity index is 1.88. The number of benzene rings is 2. The monoisotopic (exact) mass is 345 g/mol. The lowest BCUT2D eigenvalue weighted by Gasteiger charge is -2.08. The van der Waals surface area contributed by atoms with Gasteiger partial charge >= 0.3 is 5.69 Å². The minimum Gasteiger partial charge on any atom is -0.295 e. The van der Waals surface area contributed by atoms with Crippen molar-refractivity contribution >= 4 is 21.1 Å². The molecule has 1 heterocycles. The summed E-state index contributed by atoms with van der Waals surface area (Å²) < 4.78 is 30.5. The van der Waals surface area contributed by atoms with Gasteiger partial charge in [0.1, 0.15) is 0 Å². The van der Waals surface area contributed by atoms with Crippen LogP contribution in [0.3, 0.4) is 0 Å². The smallest absolute Gasteiger partial charge is 0.295 e. The van der Waals surface area contributed by atoms with E-state index in [1.807, 2.05) is 31.2 Å². The van der Waals surface area contributed by atoms with E-state index < -0.39 is 10.0 Å². The van der Waals surface area contributed by atoms with E-state index in [1.54, 1.807) is 41.4 Å². The minimum absolute atomic E-state index is 0.109. The number of hydrogen-bond acceptors (Lipinski definition) is 3. The second-order valence-corrected chi connectivity index (χ2v) is 7.63. The first-order valence-corrected chi connectivity index (χ1v) is 8.98. The summed E-state index contributed by atoms with van der Waals surface area (Å²) >= 11 is 0. The molecule has 0 radical (unpaired) electrons. The number of aromatic nitrogens is 2. The highest BCUT2D eigenvalue weighted by molar-refractivity contribution is 7.89. The summed E-state index contributed by atoms with van der Waals surface area (Å²) in [6, 6.07) is 12.2. The van der Waals surface area contributed by atoms with Crippen molar-refractivity contribution in [3.8, 4) is 0 Å². The van der Waals surface area contributed by atoms with Gasteiger partial charge in [0.2, 0.25) is 10.0 Å². The van der Waals surface area contributed by atoms with Gasteiger partial charge < -0.3 is 0 Å². The molecule has 0 amide bonds. The fourth-order valence-corrected chi connectivity index (χ4v) is 3.83. The predicted octanol–water partition coefficient (Wildman–Crippen LogP) is 1.66. The van der Waals surface area contributed by atoms with Crippen LogP contribution in [-0.2, 0) is 30.7 Å². The van der Waals surface area contributed by atoms with Gasteiger partial charge in [-0.1, -0.05) is 18.2 Å². The Hall–Kier alpha value is -2.38. The fraction of sp³-hybridized carbons (Fsp3) is 0.235. The topological polar surface area (TPSA) is 73.1 Å². The molecule has 7 heteroatoms. The Morgan fingerprint density at radius 3 is 2.42 bits per heavy atom. The Kier molecular flexibility index (Phi) is 4.06. The molecule has 0 aliphatic carbocycles. The minimum atomic E-state index is -3.57. The second kappa shape index (κ2) is 5.92. The van der Waals surface area contributed by atoms with Crippen molar-refractivity contribution < 1.29 is 8.42 Å². The van der Waals surface area contributed by atoms with Crippen LogP contribution in [0.2, 0.25) is 0 Å². The summed E-state index contributed by atoms with van der Waals surface area (Å²) in [6.45, 7) is 2.01. The molecule has 0 saturated carbocycles. The van der Waals surface area contributed by atoms with Crippen LogP contribution in [0.4, 0.5) is 0 Å². The molecule has 0 spiro atoms. The summed E-state index contributed by atoms with van der Waals surface area (Å²) in [5, 5.41) is 0. The van der Waals surface area contributed by atoms with Crippen molar-refractivity contribution in [1.29, 1.82) is 0 Å². The first kappa shape index (κ1) is 16.5. The molecule has 0 aliphatic heterocycles. The van der Waals surface area contributed by atoms with Crippen LogP contribution in [0.15, 0.2) is 52.2 Å². The van der Waals surface area contributed by atoms with Gasteiger partial charge in [-0.25, -0.2) is 17.9 Å². The van der Waals surface area contributed by atoms with Gasteiger partial charge in [0.05, 0.1) is 15.9 Å². The van der Waals surface area contributed by atoms with Crippen molar-refractivity contribution in [2.45, 2.75) is 18.4 Å². The number of nitrogens with zero attached hydrogens (tertiary/aromatic N) is 2. The van der Waals surface area contributed by atoms with Crippen molar-refractivity contribution in [2.75, 3.05) is 0 Å². The summed E-state index contributed by atoms with van der Waals surface area (Å²) in [5.74, 6) is 0. The third kappa shape index (κ3) is 2.88. The molecule has 0 saturated heterocycles. The van der Waals surface area contributed by atoms with Crippen LogP contribution in [0.25, 0.3) is 11.0 Å². The highest BCUT2D eigenvalue weighted by Crippen LogP contribution is 2.15. The van der Waals surface area contributed by atoms with Gasteiger partial charge in [0.25, 0.3) is 0 Å². The van der Waals surface area contributed by atoms with E-state index in [-0.39, 0.29) is 17.1 Å². The zero-order chi connectivity index (χ0) is 17.5. The van der Waals surface area contributed by atoms with Crippen LogP contribution >= 0.6 is 0 Å². The van der Waals surface area contributed by atoms with E-state index >= 15 is 0 Å². The molecule has 1 N–H and O–H groups in total. The maximum absolute atomic E-state index is 12.4. The van der Waals surface area contributed by atoms with Crippen LogP contribution in [0.1, 0.15) is 11.1 Å². The number of sulfonamides is 1. The van der Waals surface area contributed by atoms with E-state index in [1.165, 1.54) is 0 Å². The number of rotatable bonds is 4. The van der Waals surface area contributed by atoms with E-state index in [4.69, 9.17) is 0 Å². The summed E-state index contributed by atoms with van der Waals surface area (Å²) in [5.41, 5.74) is 3.16. The van der Waals surface area contributed by atoms with Crippen LogP contribution in [-0.4, -0.2) is 17.6 Å². The maximum Gasteiger partial charge on any atom is 0.328 e. The Morgan fingerprint density at radius 2 is 1.71 bits per heavy atom. The van der Waals surface area contributed by atoms with Gasteiger partial charge in [-0.2, -0.15) is 0 Å². The molecule has 2 aromatic carbocycles. The number of imidazole rings is 1. The standard InChI is InChI=1S/C17H19N3O3S/c1-12-5-4-6-14(9-12)24(22,23)18-11-13-7-8-15-16(10-13)20(3)17(21)19(15)2/h4-10,18H,11H2,1-3H3. The maximum atomic E-state index is 12.4. The average molecular weight is 345 g/mol. The zero-order valence-corrected chi connectivity index (χ0v) is 14.6. The third-order valence-corrected chi connectivity index (χ3v) is 5.50. The first-order chi connectivity index (χ1) is 11.3. The number of aryl methyl sites for hydroxylation is 3. The zero-order valence-electron chi connectivity index (χ0n) is 13.8. The lowest BCUT2D eigenvalue weighted by Crippen LogP contribution is -2.23. The summed E-state index contributed by atoms with van der Waals surface area (Å²) in [7, 11) is -0.158. The number of nitrogens with one attached hydrogen (secondary N) is 1. The van der Waals surface area contributed by atoms with Crippen LogP contribution in [0, 0.1) is 6.92 Å². The van der Waals surface area contributed by atoms with E-state index in [9.17, 15) is 13.2 Å². The van der Waals surface area contributed by atoms with Gasteiger partial charge in [0.15, 0.2) is 0 Å². The quantitative estimate of drug-likeness (QED) is 0.782. The summed E-state index contributed by atoms with van der Waals surface area (Å²) in [4.78, 5) is 12.2. The average Bonchev–Trinajstić information content (AvgIpc) is 2.77. The molecule has 0 atom stereocenters. The van der Waals surface area contributed by atoms with Crippen molar-refractivity contribution in [1.82, 2.24) is 13.9 Å². The lowest BCUT2D eigenvalue weighted by molar-refractivity contribution is 0.581. The first-order valence-electron chi connectivity index (χ1n) is 7.50. The Morgan fingerprint density at radius 1 is 1.00 bits per heavy atom. The van der Waals surface area contributed by atoms with E-state index in [0.717, 1.165) is 22.2 Å². The molecule has 6 nitrogen and oxygen atoms in total. The van der Waals surface area contributed by atoms with Crippen molar-refractivity contribution in [2.24, 2.45) is 14.1 Å². The summed E-state index contributed by atoms with van der Waals surface area (Å²) in [6.07, 6.45) is 0. The normalized spacial score (nSPS) is 12.0. The Bertz CT molecular complexity index is 1080. The SMILES string of the molecule is Cc1cccc(S(=O)(=O)NCc2ccc3c(c2)n(C)c(=O)n3C)c1. The molecular weight excluding hydrogens is 326 g/mol. The molecule has 24 heavy (non-hydrogen) atoms. The van der Waals surface area contributed by atoms with Crippen molar-refractivity contribution in [3.63, 3.8) is 0 Å².